The van der Waals surface area contributed by atoms with Crippen LogP contribution in [0.25, 0.3) is 10.9 Å². The number of anilines is 1. The molecule has 0 spiro atoms. The molecule has 0 unspecified atom stereocenters. The van der Waals surface area contributed by atoms with Gasteiger partial charge in [0.25, 0.3) is 5.91 Å². The van der Waals surface area contributed by atoms with Crippen molar-refractivity contribution in [1.82, 2.24) is 10.3 Å². The predicted molar refractivity (Wildman–Crippen MR) is 116 cm³/mol. The van der Waals surface area contributed by atoms with Gasteiger partial charge in [-0.2, -0.15) is 0 Å². The Bertz CT molecular complexity index is 1250. The molecule has 30 heavy (non-hydrogen) atoms. The van der Waals surface area contributed by atoms with Gasteiger partial charge in [-0.15, -0.1) is 0 Å². The van der Waals surface area contributed by atoms with E-state index < -0.39 is 21.8 Å². The Morgan fingerprint density at radius 2 is 2.03 bits per heavy atom. The van der Waals surface area contributed by atoms with E-state index in [2.05, 4.69) is 10.3 Å². The maximum absolute atomic E-state index is 12.5. The summed E-state index contributed by atoms with van der Waals surface area (Å²) in [6.45, 7) is 1.98. The van der Waals surface area contributed by atoms with E-state index in [1.165, 1.54) is 18.2 Å². The fraction of sp³-hybridized carbons (Fsp3) is 0.238. The van der Waals surface area contributed by atoms with Crippen molar-refractivity contribution in [3.63, 3.8) is 0 Å². The van der Waals surface area contributed by atoms with Gasteiger partial charge in [-0.1, -0.05) is 36.7 Å². The normalized spacial score (nSPS) is 18.1. The van der Waals surface area contributed by atoms with Crippen LogP contribution in [0.2, 0.25) is 5.02 Å². The number of aromatic amines is 1. The van der Waals surface area contributed by atoms with E-state index in [9.17, 15) is 18.0 Å². The summed E-state index contributed by atoms with van der Waals surface area (Å²) >= 11 is 6.24. The summed E-state index contributed by atoms with van der Waals surface area (Å²) < 4.78 is 25.2. The van der Waals surface area contributed by atoms with Crippen molar-refractivity contribution in [1.29, 1.82) is 0 Å². The molecule has 7 nitrogen and oxygen atoms in total. The Morgan fingerprint density at radius 1 is 1.27 bits per heavy atom. The molecule has 1 aromatic heterocycles. The molecule has 2 aromatic carbocycles. The number of hydrogen-bond donors (Lipinski definition) is 2. The lowest BCUT2D eigenvalue weighted by atomic mass is 10.1. The largest absolute Gasteiger partial charge is 0.361 e. The Kier molecular flexibility index (Phi) is 5.29. The van der Waals surface area contributed by atoms with Crippen LogP contribution in [0.5, 0.6) is 0 Å². The molecule has 2 amide bonds. The standard InChI is InChI=1S/C21H20ClN3O4S/c1-13-12-30(28,29)25(21(13)27)15-6-7-17(18(22)10-15)20(26)23-9-8-14-11-24-19-5-3-2-4-16(14)19/h2-7,10-11,13,24H,8-9,12H2,1H3,(H,23,26)/t13-/m0/s1. The van der Waals surface area contributed by atoms with Gasteiger partial charge in [0.15, 0.2) is 0 Å². The number of hydrogen-bond acceptors (Lipinski definition) is 4. The van der Waals surface area contributed by atoms with Gasteiger partial charge < -0.3 is 10.3 Å². The van der Waals surface area contributed by atoms with Crippen LogP contribution in [0, 0.1) is 5.92 Å². The molecule has 2 heterocycles. The quantitative estimate of drug-likeness (QED) is 0.630. The molecule has 0 radical (unpaired) electrons. The van der Waals surface area contributed by atoms with Crippen LogP contribution in [0.4, 0.5) is 5.69 Å². The van der Waals surface area contributed by atoms with Gasteiger partial charge in [0.1, 0.15) is 0 Å². The van der Waals surface area contributed by atoms with Gasteiger partial charge in [-0.25, -0.2) is 12.7 Å². The van der Waals surface area contributed by atoms with E-state index in [1.54, 1.807) is 6.92 Å². The zero-order valence-electron chi connectivity index (χ0n) is 16.2. The minimum Gasteiger partial charge on any atom is -0.361 e. The molecular weight excluding hydrogens is 426 g/mol. The maximum atomic E-state index is 12.5. The molecule has 9 heteroatoms. The number of H-pyrrole nitrogens is 1. The van der Waals surface area contributed by atoms with E-state index in [1.807, 2.05) is 30.5 Å². The molecule has 0 aliphatic carbocycles. The molecule has 0 bridgehead atoms. The molecule has 1 saturated heterocycles. The van der Waals surface area contributed by atoms with Crippen molar-refractivity contribution >= 4 is 50.0 Å². The third kappa shape index (κ3) is 3.68. The third-order valence-corrected chi connectivity index (χ3v) is 7.33. The first-order valence-corrected chi connectivity index (χ1v) is 11.5. The lowest BCUT2D eigenvalue weighted by molar-refractivity contribution is -0.119. The van der Waals surface area contributed by atoms with Crippen molar-refractivity contribution in [2.24, 2.45) is 5.92 Å². The molecule has 4 rings (SSSR count). The zero-order valence-corrected chi connectivity index (χ0v) is 17.8. The minimum atomic E-state index is -3.72. The number of nitrogens with zero attached hydrogens (tertiary/aromatic N) is 1. The summed E-state index contributed by atoms with van der Waals surface area (Å²) in [6.07, 6.45) is 2.57. The van der Waals surface area contributed by atoms with Gasteiger partial charge in [0, 0.05) is 23.6 Å². The number of nitrogens with one attached hydrogen (secondary N) is 2. The molecule has 1 atom stereocenters. The molecule has 0 saturated carbocycles. The maximum Gasteiger partial charge on any atom is 0.252 e. The van der Waals surface area contributed by atoms with Crippen LogP contribution < -0.4 is 9.62 Å². The van der Waals surface area contributed by atoms with E-state index in [0.29, 0.717) is 13.0 Å². The second-order valence-corrected chi connectivity index (χ2v) is 9.58. The van der Waals surface area contributed by atoms with Crippen molar-refractivity contribution < 1.29 is 18.0 Å². The Balaban J connectivity index is 1.45. The number of sulfonamides is 1. The molecule has 156 valence electrons. The number of fused-ring (bicyclic) bond motifs is 1. The van der Waals surface area contributed by atoms with Gasteiger partial charge in [-0.3, -0.25) is 9.59 Å². The fourth-order valence-corrected chi connectivity index (χ4v) is 5.72. The number of carbonyl (C=O) groups excluding carboxylic acids is 2. The number of halogens is 1. The first kappa shape index (κ1) is 20.4. The number of aromatic nitrogens is 1. The average molecular weight is 446 g/mol. The predicted octanol–water partition coefficient (Wildman–Crippen LogP) is 3.11. The minimum absolute atomic E-state index is 0.0830. The van der Waals surface area contributed by atoms with E-state index in [0.717, 1.165) is 20.8 Å². The third-order valence-electron chi connectivity index (χ3n) is 5.15. The Morgan fingerprint density at radius 3 is 2.73 bits per heavy atom. The summed E-state index contributed by atoms with van der Waals surface area (Å²) in [5.74, 6) is -1.71. The van der Waals surface area contributed by atoms with Crippen LogP contribution in [0.1, 0.15) is 22.8 Å². The molecule has 2 N–H and O–H groups in total. The number of rotatable bonds is 5. The highest BCUT2D eigenvalue weighted by Crippen LogP contribution is 2.31. The molecule has 1 aliphatic heterocycles. The van der Waals surface area contributed by atoms with Gasteiger partial charge in [-0.05, 0) is 36.2 Å². The summed E-state index contributed by atoms with van der Waals surface area (Å²) in [6, 6.07) is 12.1. The van der Waals surface area contributed by atoms with Crippen molar-refractivity contribution in [2.45, 2.75) is 13.3 Å². The molecule has 3 aromatic rings. The lowest BCUT2D eigenvalue weighted by Crippen LogP contribution is -2.30. The lowest BCUT2D eigenvalue weighted by Gasteiger charge is -2.16. The van der Waals surface area contributed by atoms with Crippen LogP contribution in [0.15, 0.2) is 48.7 Å². The van der Waals surface area contributed by atoms with Gasteiger partial charge in [0.2, 0.25) is 15.9 Å². The molecule has 1 aliphatic rings. The number of carbonyl (C=O) groups is 2. The highest BCUT2D eigenvalue weighted by molar-refractivity contribution is 7.94. The highest BCUT2D eigenvalue weighted by Gasteiger charge is 2.42. The topological polar surface area (TPSA) is 99.3 Å². The Hall–Kier alpha value is -2.84. The van der Waals surface area contributed by atoms with Crippen LogP contribution in [-0.4, -0.2) is 37.5 Å². The van der Waals surface area contributed by atoms with Crippen LogP contribution in [0.3, 0.4) is 0 Å². The van der Waals surface area contributed by atoms with Crippen molar-refractivity contribution in [2.75, 3.05) is 16.6 Å². The number of para-hydroxylation sites is 1. The van der Waals surface area contributed by atoms with Crippen molar-refractivity contribution in [3.8, 4) is 0 Å². The summed E-state index contributed by atoms with van der Waals surface area (Å²) in [5.41, 5.74) is 2.50. The van der Waals surface area contributed by atoms with Crippen LogP contribution >= 0.6 is 11.6 Å². The second kappa shape index (κ2) is 7.77. The summed E-state index contributed by atoms with van der Waals surface area (Å²) in [5, 5.41) is 4.02. The van der Waals surface area contributed by atoms with E-state index >= 15 is 0 Å². The van der Waals surface area contributed by atoms with E-state index in [4.69, 9.17) is 11.6 Å². The first-order valence-electron chi connectivity index (χ1n) is 9.47. The monoisotopic (exact) mass is 445 g/mol. The second-order valence-electron chi connectivity index (χ2n) is 7.31. The average Bonchev–Trinajstić information content (AvgIpc) is 3.19. The Labute approximate surface area is 179 Å². The fourth-order valence-electron chi connectivity index (χ4n) is 3.65. The van der Waals surface area contributed by atoms with Gasteiger partial charge >= 0.3 is 0 Å². The van der Waals surface area contributed by atoms with Crippen molar-refractivity contribution in [3.05, 3.63) is 64.8 Å². The zero-order chi connectivity index (χ0) is 21.5. The number of benzene rings is 2. The summed E-state index contributed by atoms with van der Waals surface area (Å²) in [7, 11) is -3.72. The SMILES string of the molecule is C[C@H]1CS(=O)(=O)N(c2ccc(C(=O)NCCc3c[nH]c4ccccc34)c(Cl)c2)C1=O. The van der Waals surface area contributed by atoms with Crippen LogP contribution in [-0.2, 0) is 21.2 Å². The summed E-state index contributed by atoms with van der Waals surface area (Å²) in [4.78, 5) is 28.0. The van der Waals surface area contributed by atoms with E-state index in [-0.39, 0.29) is 27.9 Å². The molecule has 1 fully saturated rings. The smallest absolute Gasteiger partial charge is 0.252 e. The highest BCUT2D eigenvalue weighted by atomic mass is 35.5. The van der Waals surface area contributed by atoms with Gasteiger partial charge in [0.05, 0.1) is 27.9 Å². The number of amides is 2. The molecular formula is C21H20ClN3O4S. The first-order chi connectivity index (χ1) is 14.3.